The molecule has 3 heterocycles. The molecule has 0 radical (unpaired) electrons. The van der Waals surface area contributed by atoms with E-state index in [1.54, 1.807) is 7.11 Å². The van der Waals surface area contributed by atoms with Gasteiger partial charge in [0.05, 0.1) is 12.3 Å². The van der Waals surface area contributed by atoms with Crippen molar-refractivity contribution in [2.24, 2.45) is 0 Å². The minimum absolute atomic E-state index is 0.0419. The van der Waals surface area contributed by atoms with E-state index in [1.165, 1.54) is 11.3 Å². The van der Waals surface area contributed by atoms with E-state index in [0.717, 1.165) is 44.0 Å². The lowest BCUT2D eigenvalue weighted by atomic mass is 10.1. The van der Waals surface area contributed by atoms with Gasteiger partial charge in [0.1, 0.15) is 15.9 Å². The number of hydrogen-bond donors (Lipinski definition) is 1. The van der Waals surface area contributed by atoms with Crippen LogP contribution in [0.15, 0.2) is 36.4 Å². The van der Waals surface area contributed by atoms with Gasteiger partial charge in [0.15, 0.2) is 0 Å². The second kappa shape index (κ2) is 7.29. The molecule has 1 amide bonds. The highest BCUT2D eigenvalue weighted by molar-refractivity contribution is 7.21. The van der Waals surface area contributed by atoms with Gasteiger partial charge in [0.2, 0.25) is 0 Å². The van der Waals surface area contributed by atoms with E-state index in [0.29, 0.717) is 13.2 Å². The number of nitrogens with zero attached hydrogens (tertiary/aromatic N) is 2. The van der Waals surface area contributed by atoms with Gasteiger partial charge >= 0.3 is 0 Å². The molecule has 0 spiro atoms. The third kappa shape index (κ3) is 3.19. The van der Waals surface area contributed by atoms with Crippen molar-refractivity contribution in [1.29, 1.82) is 0 Å². The summed E-state index contributed by atoms with van der Waals surface area (Å²) in [6.45, 7) is 5.17. The van der Waals surface area contributed by atoms with Gasteiger partial charge < -0.3 is 15.0 Å². The molecule has 5 nitrogen and oxygen atoms in total. The molecular formula is C21H23N3O2S. The first-order valence-corrected chi connectivity index (χ1v) is 9.97. The van der Waals surface area contributed by atoms with Crippen LogP contribution >= 0.6 is 11.3 Å². The highest BCUT2D eigenvalue weighted by Gasteiger charge is 2.35. The molecule has 140 valence electrons. The minimum Gasteiger partial charge on any atom is -0.380 e. The van der Waals surface area contributed by atoms with Crippen LogP contribution in [0.1, 0.15) is 39.8 Å². The standard InChI is InChI=1S/C21H23N3O2S/c1-4-16-23-18-17-15(12-26-3)10-13(2)22-20(17)27-19(18)21(25)24(16)11-14-8-6-5-7-9-14/h5-10,16,23H,4,11-12H2,1-3H3. The molecule has 1 aliphatic rings. The van der Waals surface area contributed by atoms with Crippen LogP contribution in [0.3, 0.4) is 0 Å². The number of carbonyl (C=O) groups excluding carboxylic acids is 1. The van der Waals surface area contributed by atoms with Gasteiger partial charge in [-0.2, -0.15) is 0 Å². The van der Waals surface area contributed by atoms with Crippen molar-refractivity contribution in [3.63, 3.8) is 0 Å². The Balaban J connectivity index is 1.80. The molecule has 4 rings (SSSR count). The summed E-state index contributed by atoms with van der Waals surface area (Å²) in [5.74, 6) is 0.0727. The Hall–Kier alpha value is -2.44. The summed E-state index contributed by atoms with van der Waals surface area (Å²) in [7, 11) is 1.69. The van der Waals surface area contributed by atoms with Gasteiger partial charge in [-0.15, -0.1) is 11.3 Å². The molecule has 0 saturated heterocycles. The molecule has 0 saturated carbocycles. The molecule has 1 aromatic carbocycles. The van der Waals surface area contributed by atoms with E-state index >= 15 is 0 Å². The average molecular weight is 382 g/mol. The number of fused-ring (bicyclic) bond motifs is 3. The number of nitrogens with one attached hydrogen (secondary N) is 1. The van der Waals surface area contributed by atoms with Crippen molar-refractivity contribution in [3.05, 3.63) is 58.1 Å². The maximum absolute atomic E-state index is 13.4. The van der Waals surface area contributed by atoms with E-state index in [1.807, 2.05) is 36.1 Å². The topological polar surface area (TPSA) is 54.5 Å². The number of carbonyl (C=O) groups is 1. The first-order chi connectivity index (χ1) is 13.1. The highest BCUT2D eigenvalue weighted by atomic mass is 32.1. The number of hydrogen-bond acceptors (Lipinski definition) is 5. The molecule has 0 bridgehead atoms. The van der Waals surface area contributed by atoms with Crippen molar-refractivity contribution in [3.8, 4) is 0 Å². The number of aromatic nitrogens is 1. The van der Waals surface area contributed by atoms with Crippen molar-refractivity contribution >= 4 is 33.1 Å². The van der Waals surface area contributed by atoms with Crippen molar-refractivity contribution < 1.29 is 9.53 Å². The van der Waals surface area contributed by atoms with Crippen LogP contribution in [0.2, 0.25) is 0 Å². The SMILES string of the molecule is CCC1Nc2c(sc3nc(C)cc(COC)c23)C(=O)N1Cc1ccccc1. The van der Waals surface area contributed by atoms with Crippen molar-refractivity contribution in [2.75, 3.05) is 12.4 Å². The number of benzene rings is 1. The molecule has 2 aromatic heterocycles. The monoisotopic (exact) mass is 381 g/mol. The normalized spacial score (nSPS) is 16.5. The molecule has 27 heavy (non-hydrogen) atoms. The number of pyridine rings is 1. The van der Waals surface area contributed by atoms with Gasteiger partial charge in [-0.3, -0.25) is 4.79 Å². The number of rotatable bonds is 5. The summed E-state index contributed by atoms with van der Waals surface area (Å²) >= 11 is 1.47. The van der Waals surface area contributed by atoms with Crippen molar-refractivity contribution in [2.45, 2.75) is 39.6 Å². The predicted molar refractivity (Wildman–Crippen MR) is 109 cm³/mol. The summed E-state index contributed by atoms with van der Waals surface area (Å²) in [5, 5.41) is 4.63. The lowest BCUT2D eigenvalue weighted by molar-refractivity contribution is 0.0670. The fraction of sp³-hybridized carbons (Fsp3) is 0.333. The van der Waals surface area contributed by atoms with Crippen LogP contribution in [-0.4, -0.2) is 29.1 Å². The average Bonchev–Trinajstić information content (AvgIpc) is 3.03. The Kier molecular flexibility index (Phi) is 4.85. The molecule has 1 aliphatic heterocycles. The lowest BCUT2D eigenvalue weighted by Gasteiger charge is -2.36. The second-order valence-corrected chi connectivity index (χ2v) is 7.83. The molecule has 1 atom stereocenters. The smallest absolute Gasteiger partial charge is 0.268 e. The third-order valence-corrected chi connectivity index (χ3v) is 5.97. The zero-order chi connectivity index (χ0) is 19.0. The Labute approximate surface area is 163 Å². The summed E-state index contributed by atoms with van der Waals surface area (Å²) in [4.78, 5) is 21.6. The number of aryl methyl sites for hydroxylation is 1. The van der Waals surface area contributed by atoms with Crippen LogP contribution in [0.25, 0.3) is 10.2 Å². The van der Waals surface area contributed by atoms with Crippen LogP contribution in [0.4, 0.5) is 5.69 Å². The first-order valence-electron chi connectivity index (χ1n) is 9.15. The van der Waals surface area contributed by atoms with E-state index in [-0.39, 0.29) is 12.1 Å². The number of ether oxygens (including phenoxy) is 1. The minimum atomic E-state index is -0.0419. The van der Waals surface area contributed by atoms with E-state index < -0.39 is 0 Å². The molecule has 1 N–H and O–H groups in total. The fourth-order valence-electron chi connectivity index (χ4n) is 3.67. The molecule has 1 unspecified atom stereocenters. The fourth-order valence-corrected chi connectivity index (χ4v) is 4.86. The predicted octanol–water partition coefficient (Wildman–Crippen LogP) is 4.56. The summed E-state index contributed by atoms with van der Waals surface area (Å²) < 4.78 is 5.39. The Morgan fingerprint density at radius 3 is 2.78 bits per heavy atom. The molecule has 3 aromatic rings. The van der Waals surface area contributed by atoms with E-state index in [2.05, 4.69) is 29.4 Å². The summed E-state index contributed by atoms with van der Waals surface area (Å²) in [6, 6.07) is 12.2. The Bertz CT molecular complexity index is 984. The summed E-state index contributed by atoms with van der Waals surface area (Å²) in [5.41, 5.74) is 4.05. The Morgan fingerprint density at radius 1 is 1.30 bits per heavy atom. The second-order valence-electron chi connectivity index (χ2n) is 6.83. The summed E-state index contributed by atoms with van der Waals surface area (Å²) in [6.07, 6.45) is 0.786. The largest absolute Gasteiger partial charge is 0.380 e. The van der Waals surface area contributed by atoms with Crippen LogP contribution in [-0.2, 0) is 17.9 Å². The molecule has 6 heteroatoms. The van der Waals surface area contributed by atoms with Gasteiger partial charge in [-0.25, -0.2) is 4.98 Å². The van der Waals surface area contributed by atoms with Crippen molar-refractivity contribution in [1.82, 2.24) is 9.88 Å². The van der Waals surface area contributed by atoms with Gasteiger partial charge in [-0.05, 0) is 30.5 Å². The third-order valence-electron chi connectivity index (χ3n) is 4.90. The number of thiophene rings is 1. The zero-order valence-corrected chi connectivity index (χ0v) is 16.6. The number of methoxy groups -OCH3 is 1. The Morgan fingerprint density at radius 2 is 2.07 bits per heavy atom. The van der Waals surface area contributed by atoms with Crippen LogP contribution in [0, 0.1) is 6.92 Å². The first kappa shape index (κ1) is 17.9. The van der Waals surface area contributed by atoms with E-state index in [9.17, 15) is 4.79 Å². The molecule has 0 fully saturated rings. The van der Waals surface area contributed by atoms with Crippen LogP contribution in [0.5, 0.6) is 0 Å². The van der Waals surface area contributed by atoms with Gasteiger partial charge in [-0.1, -0.05) is 37.3 Å². The van der Waals surface area contributed by atoms with E-state index in [4.69, 9.17) is 4.74 Å². The quantitative estimate of drug-likeness (QED) is 0.704. The lowest BCUT2D eigenvalue weighted by Crippen LogP contribution is -2.47. The van der Waals surface area contributed by atoms with Gasteiger partial charge in [0.25, 0.3) is 5.91 Å². The number of amides is 1. The maximum Gasteiger partial charge on any atom is 0.268 e. The van der Waals surface area contributed by atoms with Crippen LogP contribution < -0.4 is 5.32 Å². The maximum atomic E-state index is 13.4. The molecule has 0 aliphatic carbocycles. The highest BCUT2D eigenvalue weighted by Crippen LogP contribution is 2.42. The zero-order valence-electron chi connectivity index (χ0n) is 15.8. The van der Waals surface area contributed by atoms with Gasteiger partial charge in [0, 0.05) is 24.7 Å². The molecular weight excluding hydrogens is 358 g/mol. The number of anilines is 1.